The Hall–Kier alpha value is -1.36. The standard InChI is InChI=1S/C17H27N3O2/c1-12(2)16-14(4-3-11-22-16)17(21)20-9-6-13(7-10-20)15-5-8-18-19-15/h5,8,12-14,16H,3-4,6-7,9-11H2,1-2H3,(H,18,19)/t14-,16+/m1/s1. The maximum Gasteiger partial charge on any atom is 0.228 e. The number of piperidine rings is 1. The maximum atomic E-state index is 12.9. The van der Waals surface area contributed by atoms with E-state index in [9.17, 15) is 4.79 Å². The Kier molecular flexibility index (Phi) is 4.81. The van der Waals surface area contributed by atoms with Gasteiger partial charge in [0.05, 0.1) is 12.0 Å². The monoisotopic (exact) mass is 305 g/mol. The second-order valence-corrected chi connectivity index (χ2v) is 6.94. The highest BCUT2D eigenvalue weighted by Gasteiger charge is 2.37. The van der Waals surface area contributed by atoms with Crippen molar-refractivity contribution in [3.63, 3.8) is 0 Å². The summed E-state index contributed by atoms with van der Waals surface area (Å²) in [6.07, 6.45) is 5.92. The number of nitrogens with one attached hydrogen (secondary N) is 1. The van der Waals surface area contributed by atoms with Gasteiger partial charge in [0.2, 0.25) is 5.91 Å². The number of amides is 1. The molecule has 0 saturated carbocycles. The zero-order valence-electron chi connectivity index (χ0n) is 13.6. The van der Waals surface area contributed by atoms with E-state index in [1.54, 1.807) is 6.20 Å². The molecule has 122 valence electrons. The van der Waals surface area contributed by atoms with E-state index in [0.29, 0.717) is 17.7 Å². The number of aromatic amines is 1. The van der Waals surface area contributed by atoms with Crippen LogP contribution >= 0.6 is 0 Å². The minimum Gasteiger partial charge on any atom is -0.377 e. The van der Waals surface area contributed by atoms with Crippen molar-refractivity contribution < 1.29 is 9.53 Å². The number of hydrogen-bond donors (Lipinski definition) is 1. The first-order valence-electron chi connectivity index (χ1n) is 8.56. The number of ether oxygens (including phenoxy) is 1. The first-order chi connectivity index (χ1) is 10.7. The molecule has 0 radical (unpaired) electrons. The number of rotatable bonds is 3. The molecular formula is C17H27N3O2. The third-order valence-corrected chi connectivity index (χ3v) is 5.11. The van der Waals surface area contributed by atoms with Crippen LogP contribution in [-0.4, -0.2) is 46.8 Å². The van der Waals surface area contributed by atoms with Crippen molar-refractivity contribution >= 4 is 5.91 Å². The van der Waals surface area contributed by atoms with E-state index in [1.165, 1.54) is 5.69 Å². The maximum absolute atomic E-state index is 12.9. The normalized spacial score (nSPS) is 27.3. The number of H-pyrrole nitrogens is 1. The Bertz CT molecular complexity index is 478. The zero-order valence-corrected chi connectivity index (χ0v) is 13.6. The zero-order chi connectivity index (χ0) is 15.5. The summed E-state index contributed by atoms with van der Waals surface area (Å²) in [5.41, 5.74) is 1.20. The van der Waals surface area contributed by atoms with E-state index in [0.717, 1.165) is 45.4 Å². The highest BCUT2D eigenvalue weighted by Crippen LogP contribution is 2.31. The van der Waals surface area contributed by atoms with Crippen molar-refractivity contribution in [3.8, 4) is 0 Å². The Labute approximate surface area is 132 Å². The van der Waals surface area contributed by atoms with Crippen molar-refractivity contribution in [1.82, 2.24) is 15.1 Å². The lowest BCUT2D eigenvalue weighted by atomic mass is 9.85. The smallest absolute Gasteiger partial charge is 0.228 e. The molecule has 0 bridgehead atoms. The summed E-state index contributed by atoms with van der Waals surface area (Å²) in [7, 11) is 0. The van der Waals surface area contributed by atoms with Crippen molar-refractivity contribution in [1.29, 1.82) is 0 Å². The molecule has 1 aromatic rings. The molecule has 1 N–H and O–H groups in total. The Balaban J connectivity index is 1.59. The number of carbonyl (C=O) groups is 1. The quantitative estimate of drug-likeness (QED) is 0.933. The number of nitrogens with zero attached hydrogens (tertiary/aromatic N) is 2. The Morgan fingerprint density at radius 3 is 2.77 bits per heavy atom. The molecule has 1 aromatic heterocycles. The number of carbonyl (C=O) groups excluding carboxylic acids is 1. The highest BCUT2D eigenvalue weighted by atomic mass is 16.5. The average Bonchev–Trinajstić information content (AvgIpc) is 3.09. The minimum absolute atomic E-state index is 0.0532. The summed E-state index contributed by atoms with van der Waals surface area (Å²) < 4.78 is 5.88. The molecule has 0 unspecified atom stereocenters. The second kappa shape index (κ2) is 6.82. The van der Waals surface area contributed by atoms with Crippen LogP contribution in [0.2, 0.25) is 0 Å². The summed E-state index contributed by atoms with van der Waals surface area (Å²) in [6, 6.07) is 2.05. The van der Waals surface area contributed by atoms with E-state index in [-0.39, 0.29) is 12.0 Å². The summed E-state index contributed by atoms with van der Waals surface area (Å²) in [6.45, 7) is 6.81. The van der Waals surface area contributed by atoms with Gasteiger partial charge < -0.3 is 9.64 Å². The van der Waals surface area contributed by atoms with Gasteiger partial charge in [0.25, 0.3) is 0 Å². The number of aromatic nitrogens is 2. The molecule has 0 aliphatic carbocycles. The summed E-state index contributed by atoms with van der Waals surface area (Å²) >= 11 is 0. The van der Waals surface area contributed by atoms with E-state index < -0.39 is 0 Å². The largest absolute Gasteiger partial charge is 0.377 e. The van der Waals surface area contributed by atoms with Crippen LogP contribution in [-0.2, 0) is 9.53 Å². The van der Waals surface area contributed by atoms with Gasteiger partial charge in [-0.2, -0.15) is 5.10 Å². The van der Waals surface area contributed by atoms with Crippen LogP contribution in [0.3, 0.4) is 0 Å². The summed E-state index contributed by atoms with van der Waals surface area (Å²) in [5.74, 6) is 1.27. The van der Waals surface area contributed by atoms with Crippen LogP contribution in [0.15, 0.2) is 12.3 Å². The van der Waals surface area contributed by atoms with Crippen molar-refractivity contribution in [3.05, 3.63) is 18.0 Å². The van der Waals surface area contributed by atoms with Gasteiger partial charge >= 0.3 is 0 Å². The second-order valence-electron chi connectivity index (χ2n) is 6.94. The minimum atomic E-state index is 0.0532. The van der Waals surface area contributed by atoms with Gasteiger partial charge in [-0.25, -0.2) is 0 Å². The summed E-state index contributed by atoms with van der Waals surface area (Å²) in [5, 5.41) is 7.10. The molecule has 3 rings (SSSR count). The van der Waals surface area contributed by atoms with Crippen LogP contribution in [0.5, 0.6) is 0 Å². The first kappa shape index (κ1) is 15.5. The predicted octanol–water partition coefficient (Wildman–Crippen LogP) is 2.57. The molecular weight excluding hydrogens is 278 g/mol. The van der Waals surface area contributed by atoms with Gasteiger partial charge in [-0.1, -0.05) is 13.8 Å². The van der Waals surface area contributed by atoms with Gasteiger partial charge in [0, 0.05) is 37.5 Å². The third kappa shape index (κ3) is 3.19. The van der Waals surface area contributed by atoms with Gasteiger partial charge in [0.15, 0.2) is 0 Å². The molecule has 2 aliphatic heterocycles. The fourth-order valence-corrected chi connectivity index (χ4v) is 3.86. The van der Waals surface area contributed by atoms with Crippen LogP contribution in [0.1, 0.15) is 51.1 Å². The molecule has 1 amide bonds. The molecule has 3 heterocycles. The predicted molar refractivity (Wildman–Crippen MR) is 84.4 cm³/mol. The third-order valence-electron chi connectivity index (χ3n) is 5.11. The Morgan fingerprint density at radius 2 is 2.14 bits per heavy atom. The van der Waals surface area contributed by atoms with Crippen molar-refractivity contribution in [2.75, 3.05) is 19.7 Å². The van der Waals surface area contributed by atoms with E-state index >= 15 is 0 Å². The lowest BCUT2D eigenvalue weighted by Crippen LogP contribution is -2.48. The van der Waals surface area contributed by atoms with Gasteiger partial charge in [-0.15, -0.1) is 0 Å². The van der Waals surface area contributed by atoms with E-state index in [4.69, 9.17) is 4.74 Å². The van der Waals surface area contributed by atoms with Crippen molar-refractivity contribution in [2.45, 2.75) is 51.6 Å². The fraction of sp³-hybridized carbons (Fsp3) is 0.765. The molecule has 2 saturated heterocycles. The lowest BCUT2D eigenvalue weighted by Gasteiger charge is -2.39. The van der Waals surface area contributed by atoms with Gasteiger partial charge in [-0.3, -0.25) is 9.89 Å². The van der Waals surface area contributed by atoms with Crippen molar-refractivity contribution in [2.24, 2.45) is 11.8 Å². The molecule has 2 fully saturated rings. The van der Waals surface area contributed by atoms with E-state index in [1.807, 2.05) is 6.07 Å². The molecule has 0 spiro atoms. The van der Waals surface area contributed by atoms with E-state index in [2.05, 4.69) is 28.9 Å². The Morgan fingerprint density at radius 1 is 1.36 bits per heavy atom. The SMILES string of the molecule is CC(C)[C@@H]1OCCC[C@H]1C(=O)N1CCC(c2ccn[nH]2)CC1. The highest BCUT2D eigenvalue weighted by molar-refractivity contribution is 5.79. The molecule has 2 atom stereocenters. The molecule has 5 nitrogen and oxygen atoms in total. The number of likely N-dealkylation sites (tertiary alicyclic amines) is 1. The molecule has 5 heteroatoms. The molecule has 2 aliphatic rings. The average molecular weight is 305 g/mol. The van der Waals surface area contributed by atoms with Gasteiger partial charge in [0.1, 0.15) is 0 Å². The fourth-order valence-electron chi connectivity index (χ4n) is 3.86. The first-order valence-corrected chi connectivity index (χ1v) is 8.56. The lowest BCUT2D eigenvalue weighted by molar-refractivity contribution is -0.148. The molecule has 22 heavy (non-hydrogen) atoms. The van der Waals surface area contributed by atoms with Gasteiger partial charge in [-0.05, 0) is 37.7 Å². The topological polar surface area (TPSA) is 58.2 Å². The van der Waals surface area contributed by atoms with Crippen LogP contribution < -0.4 is 0 Å². The van der Waals surface area contributed by atoms with Crippen LogP contribution in [0.4, 0.5) is 0 Å². The molecule has 0 aromatic carbocycles. The summed E-state index contributed by atoms with van der Waals surface area (Å²) in [4.78, 5) is 14.9. The number of hydrogen-bond acceptors (Lipinski definition) is 3. The van der Waals surface area contributed by atoms with Crippen LogP contribution in [0, 0.1) is 11.8 Å². The van der Waals surface area contributed by atoms with Crippen LogP contribution in [0.25, 0.3) is 0 Å².